The number of nitriles is 1. The van der Waals surface area contributed by atoms with Crippen LogP contribution in [0.1, 0.15) is 44.9 Å². The lowest BCUT2D eigenvalue weighted by molar-refractivity contribution is 0.672. The molecule has 0 radical (unpaired) electrons. The first-order chi connectivity index (χ1) is 8.61. The molecule has 1 aliphatic rings. The molecule has 0 aliphatic heterocycles. The molecule has 1 aromatic rings. The minimum absolute atomic E-state index is 0.288. The third kappa shape index (κ3) is 3.11. The summed E-state index contributed by atoms with van der Waals surface area (Å²) in [5.74, 6) is 2.16. The predicted octanol–water partition coefficient (Wildman–Crippen LogP) is 3.14. The largest absolute Gasteiger partial charge is 0.353 e. The van der Waals surface area contributed by atoms with E-state index in [0.29, 0.717) is 24.0 Å². The average molecular weight is 265 g/mol. The van der Waals surface area contributed by atoms with Crippen molar-refractivity contribution >= 4 is 17.4 Å². The number of nitrogens with zero attached hydrogens (tertiary/aromatic N) is 4. The van der Waals surface area contributed by atoms with E-state index in [9.17, 15) is 0 Å². The lowest BCUT2D eigenvalue weighted by atomic mass is 10.3. The molecule has 1 fully saturated rings. The number of rotatable bonds is 5. The maximum atomic E-state index is 8.72. The van der Waals surface area contributed by atoms with Gasteiger partial charge in [-0.25, -0.2) is 9.97 Å². The number of halogens is 1. The number of anilines is 1. The Hall–Kier alpha value is -1.34. The van der Waals surface area contributed by atoms with Crippen LogP contribution < -0.4 is 4.90 Å². The molecular weight excluding hydrogens is 248 g/mol. The van der Waals surface area contributed by atoms with Crippen LogP contribution in [-0.4, -0.2) is 22.6 Å². The van der Waals surface area contributed by atoms with Gasteiger partial charge < -0.3 is 4.90 Å². The fourth-order valence-corrected chi connectivity index (χ4v) is 2.09. The third-order valence-corrected chi connectivity index (χ3v) is 3.22. The molecule has 0 bridgehead atoms. The van der Waals surface area contributed by atoms with Crippen LogP contribution >= 0.6 is 11.6 Å². The van der Waals surface area contributed by atoms with Crippen LogP contribution in [0.4, 0.5) is 5.82 Å². The van der Waals surface area contributed by atoms with E-state index in [1.54, 1.807) is 6.07 Å². The zero-order chi connectivity index (χ0) is 13.1. The molecule has 4 nitrogen and oxygen atoms in total. The average Bonchev–Trinajstić information content (AvgIpc) is 3.12. The van der Waals surface area contributed by atoms with Crippen LogP contribution in [-0.2, 0) is 0 Å². The molecule has 0 atom stereocenters. The van der Waals surface area contributed by atoms with Crippen LogP contribution in [0.2, 0.25) is 5.15 Å². The standard InChI is InChI=1S/C13H17ClN4/c1-9(2)18(7-3-6-15)12-8-11(14)16-13(17-12)10-4-5-10/h8-10H,3-5,7H2,1-2H3. The van der Waals surface area contributed by atoms with E-state index in [2.05, 4.69) is 34.8 Å². The first-order valence-corrected chi connectivity index (χ1v) is 6.67. The highest BCUT2D eigenvalue weighted by Gasteiger charge is 2.28. The summed E-state index contributed by atoms with van der Waals surface area (Å²) in [6, 6.07) is 4.24. The van der Waals surface area contributed by atoms with Gasteiger partial charge in [-0.15, -0.1) is 0 Å². The van der Waals surface area contributed by atoms with Gasteiger partial charge in [0.25, 0.3) is 0 Å². The molecule has 1 saturated carbocycles. The predicted molar refractivity (Wildman–Crippen MR) is 71.7 cm³/mol. The van der Waals surface area contributed by atoms with E-state index in [0.717, 1.165) is 24.5 Å². The van der Waals surface area contributed by atoms with Crippen LogP contribution in [0, 0.1) is 11.3 Å². The maximum absolute atomic E-state index is 8.72. The van der Waals surface area contributed by atoms with Crippen molar-refractivity contribution in [3.63, 3.8) is 0 Å². The Kier molecular flexibility index (Phi) is 4.03. The summed E-state index contributed by atoms with van der Waals surface area (Å²) in [6.07, 6.45) is 2.79. The monoisotopic (exact) mass is 264 g/mol. The first-order valence-electron chi connectivity index (χ1n) is 6.30. The van der Waals surface area contributed by atoms with Gasteiger partial charge in [-0.05, 0) is 26.7 Å². The van der Waals surface area contributed by atoms with Crippen molar-refractivity contribution in [2.45, 2.75) is 45.1 Å². The smallest absolute Gasteiger partial charge is 0.135 e. The normalized spacial score (nSPS) is 14.6. The Bertz CT molecular complexity index is 463. The quantitative estimate of drug-likeness (QED) is 0.767. The summed E-state index contributed by atoms with van der Waals surface area (Å²) >= 11 is 6.06. The van der Waals surface area contributed by atoms with Crippen LogP contribution in [0.3, 0.4) is 0 Å². The topological polar surface area (TPSA) is 52.8 Å². The van der Waals surface area contributed by atoms with Gasteiger partial charge in [0.05, 0.1) is 12.5 Å². The molecule has 2 rings (SSSR count). The van der Waals surface area contributed by atoms with Gasteiger partial charge in [0.2, 0.25) is 0 Å². The second kappa shape index (κ2) is 5.53. The van der Waals surface area contributed by atoms with Crippen molar-refractivity contribution in [1.29, 1.82) is 5.26 Å². The zero-order valence-corrected chi connectivity index (χ0v) is 11.5. The Labute approximate surface area is 113 Å². The zero-order valence-electron chi connectivity index (χ0n) is 10.7. The van der Waals surface area contributed by atoms with Gasteiger partial charge in [-0.1, -0.05) is 11.6 Å². The SMILES string of the molecule is CC(C)N(CCC#N)c1cc(Cl)nc(C2CC2)n1. The lowest BCUT2D eigenvalue weighted by Crippen LogP contribution is -2.32. The molecule has 96 valence electrons. The van der Waals surface area contributed by atoms with E-state index in [1.165, 1.54) is 0 Å². The van der Waals surface area contributed by atoms with Gasteiger partial charge in [0.1, 0.15) is 16.8 Å². The van der Waals surface area contributed by atoms with Crippen molar-refractivity contribution in [3.8, 4) is 6.07 Å². The summed E-state index contributed by atoms with van der Waals surface area (Å²) in [4.78, 5) is 11.0. The van der Waals surface area contributed by atoms with E-state index in [1.807, 2.05) is 0 Å². The molecule has 5 heteroatoms. The summed E-state index contributed by atoms with van der Waals surface area (Å²) in [7, 11) is 0. The number of aromatic nitrogens is 2. The van der Waals surface area contributed by atoms with Gasteiger partial charge in [0.15, 0.2) is 0 Å². The molecule has 1 aliphatic carbocycles. The molecule has 0 N–H and O–H groups in total. The second-order valence-electron chi connectivity index (χ2n) is 4.88. The molecule has 0 saturated heterocycles. The summed E-state index contributed by atoms with van der Waals surface area (Å²) in [5, 5.41) is 9.21. The van der Waals surface area contributed by atoms with E-state index >= 15 is 0 Å². The summed E-state index contributed by atoms with van der Waals surface area (Å²) in [5.41, 5.74) is 0. The lowest BCUT2D eigenvalue weighted by Gasteiger charge is -2.27. The summed E-state index contributed by atoms with van der Waals surface area (Å²) < 4.78 is 0. The first kappa shape index (κ1) is 13.1. The number of hydrogen-bond acceptors (Lipinski definition) is 4. The van der Waals surface area contributed by atoms with E-state index < -0.39 is 0 Å². The van der Waals surface area contributed by atoms with Crippen molar-refractivity contribution in [3.05, 3.63) is 17.0 Å². The molecule has 1 heterocycles. The summed E-state index contributed by atoms with van der Waals surface area (Å²) in [6.45, 7) is 4.85. The Morgan fingerprint density at radius 2 is 2.22 bits per heavy atom. The minimum Gasteiger partial charge on any atom is -0.353 e. The molecule has 0 spiro atoms. The van der Waals surface area contributed by atoms with Crippen molar-refractivity contribution in [2.24, 2.45) is 0 Å². The molecule has 0 unspecified atom stereocenters. The highest BCUT2D eigenvalue weighted by atomic mass is 35.5. The highest BCUT2D eigenvalue weighted by Crippen LogP contribution is 2.39. The fourth-order valence-electron chi connectivity index (χ4n) is 1.90. The van der Waals surface area contributed by atoms with Crippen molar-refractivity contribution in [2.75, 3.05) is 11.4 Å². The van der Waals surface area contributed by atoms with Crippen molar-refractivity contribution < 1.29 is 0 Å². The molecule has 18 heavy (non-hydrogen) atoms. The molecule has 0 aromatic carbocycles. The van der Waals surface area contributed by atoms with E-state index in [4.69, 9.17) is 16.9 Å². The Balaban J connectivity index is 2.25. The van der Waals surface area contributed by atoms with Gasteiger partial charge in [-0.3, -0.25) is 0 Å². The Morgan fingerprint density at radius 1 is 1.50 bits per heavy atom. The van der Waals surface area contributed by atoms with Gasteiger partial charge in [-0.2, -0.15) is 5.26 Å². The van der Waals surface area contributed by atoms with Gasteiger partial charge in [0, 0.05) is 24.6 Å². The molecule has 1 aromatic heterocycles. The second-order valence-corrected chi connectivity index (χ2v) is 5.26. The molecule has 0 amide bonds. The van der Waals surface area contributed by atoms with Crippen LogP contribution in [0.25, 0.3) is 0 Å². The highest BCUT2D eigenvalue weighted by molar-refractivity contribution is 6.29. The third-order valence-electron chi connectivity index (χ3n) is 3.02. The van der Waals surface area contributed by atoms with Crippen LogP contribution in [0.15, 0.2) is 6.07 Å². The van der Waals surface area contributed by atoms with Crippen molar-refractivity contribution in [1.82, 2.24) is 9.97 Å². The van der Waals surface area contributed by atoms with Gasteiger partial charge >= 0.3 is 0 Å². The molecular formula is C13H17ClN4. The Morgan fingerprint density at radius 3 is 2.78 bits per heavy atom. The fraction of sp³-hybridized carbons (Fsp3) is 0.615. The minimum atomic E-state index is 0.288. The number of hydrogen-bond donors (Lipinski definition) is 0. The maximum Gasteiger partial charge on any atom is 0.135 e. The van der Waals surface area contributed by atoms with E-state index in [-0.39, 0.29) is 6.04 Å². The van der Waals surface area contributed by atoms with Crippen LogP contribution in [0.5, 0.6) is 0 Å².